The van der Waals surface area contributed by atoms with Gasteiger partial charge in [0.2, 0.25) is 0 Å². The highest BCUT2D eigenvalue weighted by Crippen LogP contribution is 2.42. The van der Waals surface area contributed by atoms with Crippen molar-refractivity contribution in [2.75, 3.05) is 7.11 Å². The molecule has 1 atom stereocenters. The number of rotatable bonds is 10. The Morgan fingerprint density at radius 2 is 1.65 bits per heavy atom. The van der Waals surface area contributed by atoms with Gasteiger partial charge in [-0.15, -0.1) is 11.3 Å². The molecule has 5 nitrogen and oxygen atoms in total. The zero-order chi connectivity index (χ0) is 29.1. The molecule has 0 saturated carbocycles. The highest BCUT2D eigenvalue weighted by atomic mass is 32.1. The van der Waals surface area contributed by atoms with Crippen molar-refractivity contribution in [3.63, 3.8) is 0 Å². The lowest BCUT2D eigenvalue weighted by atomic mass is 9.76. The first-order valence-corrected chi connectivity index (χ1v) is 15.6. The van der Waals surface area contributed by atoms with E-state index in [1.807, 2.05) is 0 Å². The average molecular weight is 563 g/mol. The van der Waals surface area contributed by atoms with Gasteiger partial charge in [-0.2, -0.15) is 0 Å². The van der Waals surface area contributed by atoms with Crippen LogP contribution in [0.25, 0.3) is 0 Å². The Bertz CT molecular complexity index is 1290. The Morgan fingerprint density at radius 3 is 2.27 bits per heavy atom. The highest BCUT2D eigenvalue weighted by Gasteiger charge is 2.30. The smallest absolute Gasteiger partial charge is 0.303 e. The molecule has 1 aliphatic carbocycles. The zero-order valence-electron chi connectivity index (χ0n) is 25.4. The summed E-state index contributed by atoms with van der Waals surface area (Å²) in [5.41, 5.74) is 7.87. The highest BCUT2D eigenvalue weighted by molar-refractivity contribution is 7.09. The number of aromatic nitrogens is 2. The summed E-state index contributed by atoms with van der Waals surface area (Å²) in [4.78, 5) is 21.9. The normalized spacial score (nSPS) is 14.6. The maximum Gasteiger partial charge on any atom is 0.303 e. The van der Waals surface area contributed by atoms with Crippen molar-refractivity contribution in [3.8, 4) is 5.75 Å². The summed E-state index contributed by atoms with van der Waals surface area (Å²) < 4.78 is 5.93. The quantitative estimate of drug-likeness (QED) is 0.271. The molecule has 1 aromatic carbocycles. The van der Waals surface area contributed by atoms with Gasteiger partial charge in [-0.3, -0.25) is 9.78 Å². The summed E-state index contributed by atoms with van der Waals surface area (Å²) in [5.74, 6) is -0.0501. The zero-order valence-corrected chi connectivity index (χ0v) is 26.2. The number of carboxylic acids is 1. The van der Waals surface area contributed by atoms with Crippen LogP contribution in [0.3, 0.4) is 0 Å². The number of aliphatic carboxylic acids is 1. The van der Waals surface area contributed by atoms with Crippen LogP contribution in [0.5, 0.6) is 5.75 Å². The predicted molar refractivity (Wildman–Crippen MR) is 164 cm³/mol. The molecule has 0 saturated heterocycles. The number of methoxy groups -OCH3 is 1. The molecular formula is C34H46N2O3S. The van der Waals surface area contributed by atoms with E-state index in [0.717, 1.165) is 58.8 Å². The van der Waals surface area contributed by atoms with Crippen LogP contribution >= 0.6 is 11.3 Å². The van der Waals surface area contributed by atoms with Crippen molar-refractivity contribution < 1.29 is 14.6 Å². The van der Waals surface area contributed by atoms with E-state index in [1.165, 1.54) is 36.2 Å². The first-order chi connectivity index (χ1) is 18.8. The Hall–Kier alpha value is -2.73. The molecule has 40 heavy (non-hydrogen) atoms. The molecule has 1 aliphatic rings. The summed E-state index contributed by atoms with van der Waals surface area (Å²) in [6.45, 7) is 13.1. The Labute approximate surface area is 244 Å². The Morgan fingerprint density at radius 1 is 0.975 bits per heavy atom. The molecule has 1 N–H and O–H groups in total. The van der Waals surface area contributed by atoms with Crippen molar-refractivity contribution >= 4 is 17.3 Å². The van der Waals surface area contributed by atoms with E-state index in [1.54, 1.807) is 18.4 Å². The Kier molecular flexibility index (Phi) is 9.39. The molecule has 3 aromatic rings. The van der Waals surface area contributed by atoms with Gasteiger partial charge in [0.05, 0.1) is 24.2 Å². The number of thiazole rings is 1. The number of aryl methyl sites for hydroxylation is 4. The monoisotopic (exact) mass is 562 g/mol. The summed E-state index contributed by atoms with van der Waals surface area (Å²) in [6.07, 6.45) is 8.36. The van der Waals surface area contributed by atoms with Crippen molar-refractivity contribution in [3.05, 3.63) is 74.0 Å². The van der Waals surface area contributed by atoms with Crippen LogP contribution in [-0.2, 0) is 47.7 Å². The largest absolute Gasteiger partial charge is 0.496 e. The van der Waals surface area contributed by atoms with Crippen molar-refractivity contribution in [1.29, 1.82) is 0 Å². The molecular weight excluding hydrogens is 516 g/mol. The second-order valence-corrected chi connectivity index (χ2v) is 14.3. The van der Waals surface area contributed by atoms with Crippen molar-refractivity contribution in [2.24, 2.45) is 0 Å². The molecule has 0 aliphatic heterocycles. The Balaban J connectivity index is 1.51. The molecule has 6 heteroatoms. The fourth-order valence-corrected chi connectivity index (χ4v) is 6.59. The number of benzene rings is 1. The van der Waals surface area contributed by atoms with Crippen molar-refractivity contribution in [2.45, 2.75) is 116 Å². The third-order valence-corrected chi connectivity index (χ3v) is 8.90. The van der Waals surface area contributed by atoms with Gasteiger partial charge in [0.1, 0.15) is 5.75 Å². The van der Waals surface area contributed by atoms with Crippen LogP contribution in [-0.4, -0.2) is 28.2 Å². The van der Waals surface area contributed by atoms with Crippen LogP contribution in [0.4, 0.5) is 0 Å². The van der Waals surface area contributed by atoms with Crippen LogP contribution in [0.15, 0.2) is 29.6 Å². The van der Waals surface area contributed by atoms with E-state index in [4.69, 9.17) is 14.7 Å². The molecule has 1 unspecified atom stereocenters. The van der Waals surface area contributed by atoms with Crippen LogP contribution in [0.1, 0.15) is 117 Å². The summed E-state index contributed by atoms with van der Waals surface area (Å²) in [6, 6.07) is 8.80. The van der Waals surface area contributed by atoms with Gasteiger partial charge in [0.15, 0.2) is 0 Å². The number of hydrogen-bond donors (Lipinski definition) is 1. The first kappa shape index (κ1) is 30.2. The molecule has 0 bridgehead atoms. The van der Waals surface area contributed by atoms with Crippen LogP contribution in [0, 0.1) is 0 Å². The molecule has 2 aromatic heterocycles. The van der Waals surface area contributed by atoms with E-state index in [0.29, 0.717) is 6.42 Å². The second-order valence-electron chi connectivity index (χ2n) is 13.3. The lowest BCUT2D eigenvalue weighted by Crippen LogP contribution is -2.21. The van der Waals surface area contributed by atoms with E-state index in [9.17, 15) is 9.90 Å². The number of hydrogen-bond acceptors (Lipinski definition) is 5. The molecule has 2 heterocycles. The molecule has 4 rings (SSSR count). The van der Waals surface area contributed by atoms with Crippen molar-refractivity contribution in [1.82, 2.24) is 9.97 Å². The fourth-order valence-electron chi connectivity index (χ4n) is 5.74. The maximum atomic E-state index is 12.0. The van der Waals surface area contributed by atoms with Gasteiger partial charge in [-0.25, -0.2) is 4.98 Å². The number of carbonyl (C=O) groups is 1. The van der Waals surface area contributed by atoms with Gasteiger partial charge < -0.3 is 9.84 Å². The molecule has 0 radical (unpaired) electrons. The number of pyridine rings is 1. The fraction of sp³-hybridized carbons (Fsp3) is 0.559. The molecule has 0 spiro atoms. The van der Waals surface area contributed by atoms with Gasteiger partial charge >= 0.3 is 5.97 Å². The van der Waals surface area contributed by atoms with Gasteiger partial charge in [0, 0.05) is 27.9 Å². The minimum absolute atomic E-state index is 0.0658. The van der Waals surface area contributed by atoms with E-state index in [2.05, 4.69) is 71.2 Å². The number of nitrogens with zero attached hydrogens (tertiary/aromatic N) is 2. The minimum atomic E-state index is -0.788. The number of fused-ring (bicyclic) bond motifs is 1. The lowest BCUT2D eigenvalue weighted by Gasteiger charge is -2.31. The third-order valence-electron chi connectivity index (χ3n) is 7.94. The lowest BCUT2D eigenvalue weighted by molar-refractivity contribution is -0.137. The third kappa shape index (κ3) is 7.51. The van der Waals surface area contributed by atoms with Gasteiger partial charge in [-0.1, -0.05) is 59.7 Å². The SMILES string of the molecule is COc1c(C(C)(C)C)cc(C(CC(=O)O)Cc2csc(CCCc3ccc4c(n3)CCCC4)n2)cc1C(C)(C)C. The second kappa shape index (κ2) is 12.4. The molecule has 0 fully saturated rings. The van der Waals surface area contributed by atoms with E-state index in [-0.39, 0.29) is 23.2 Å². The molecule has 0 amide bonds. The summed E-state index contributed by atoms with van der Waals surface area (Å²) >= 11 is 1.69. The standard InChI is InChI=1S/C34H46N2O3S/c1-33(2,3)27-18-24(19-28(32(27)39-7)34(4,5)6)23(20-31(37)38)17-26-21-40-30(36-26)14-10-12-25-16-15-22-11-8-9-13-29(22)35-25/h15-16,18-19,21,23H,8-14,17,20H2,1-7H3,(H,37,38). The van der Waals surface area contributed by atoms with Gasteiger partial charge in [0.25, 0.3) is 0 Å². The number of carboxylic acid groups (broad SMARTS) is 1. The predicted octanol–water partition coefficient (Wildman–Crippen LogP) is 8.00. The van der Waals surface area contributed by atoms with Crippen LogP contribution in [0.2, 0.25) is 0 Å². The summed E-state index contributed by atoms with van der Waals surface area (Å²) in [5, 5.41) is 13.1. The van der Waals surface area contributed by atoms with Crippen LogP contribution < -0.4 is 4.74 Å². The average Bonchev–Trinajstić information content (AvgIpc) is 3.33. The van der Waals surface area contributed by atoms with E-state index < -0.39 is 5.97 Å². The first-order valence-electron chi connectivity index (χ1n) is 14.7. The maximum absolute atomic E-state index is 12.0. The summed E-state index contributed by atoms with van der Waals surface area (Å²) in [7, 11) is 1.73. The molecule has 216 valence electrons. The van der Waals surface area contributed by atoms with E-state index >= 15 is 0 Å². The number of ether oxygens (including phenoxy) is 1. The topological polar surface area (TPSA) is 72.3 Å². The minimum Gasteiger partial charge on any atom is -0.496 e. The van der Waals surface area contributed by atoms with Gasteiger partial charge in [-0.05, 0) is 85.3 Å².